The van der Waals surface area contributed by atoms with E-state index in [0.29, 0.717) is 0 Å². The molecule has 2 aromatic rings. The fourth-order valence-corrected chi connectivity index (χ4v) is 2.80. The average molecular weight is 361 g/mol. The summed E-state index contributed by atoms with van der Waals surface area (Å²) in [6.07, 6.45) is 1.93. The second-order valence-corrected chi connectivity index (χ2v) is 6.44. The molecule has 1 atom stereocenters. The van der Waals surface area contributed by atoms with Gasteiger partial charge in [-0.05, 0) is 43.0 Å². The summed E-state index contributed by atoms with van der Waals surface area (Å²) in [6.45, 7) is 1.78. The SMILES string of the molecule is COC(=O)CC(NC(=O)c1cc(C)ccc1F)c1ccc(SC)cc1. The molecule has 2 aromatic carbocycles. The van der Waals surface area contributed by atoms with Crippen LogP contribution < -0.4 is 5.32 Å². The molecule has 1 unspecified atom stereocenters. The van der Waals surface area contributed by atoms with E-state index < -0.39 is 23.7 Å². The molecule has 0 aliphatic carbocycles. The van der Waals surface area contributed by atoms with Gasteiger partial charge in [-0.15, -0.1) is 11.8 Å². The number of benzene rings is 2. The lowest BCUT2D eigenvalue weighted by atomic mass is 10.0. The van der Waals surface area contributed by atoms with Gasteiger partial charge in [0.1, 0.15) is 5.82 Å². The maximum atomic E-state index is 13.9. The number of rotatable bonds is 6. The summed E-state index contributed by atoms with van der Waals surface area (Å²) in [7, 11) is 1.29. The lowest BCUT2D eigenvalue weighted by Crippen LogP contribution is -2.31. The molecule has 4 nitrogen and oxygen atoms in total. The van der Waals surface area contributed by atoms with Crippen molar-refractivity contribution in [1.29, 1.82) is 0 Å². The van der Waals surface area contributed by atoms with Gasteiger partial charge in [0.25, 0.3) is 5.91 Å². The highest BCUT2D eigenvalue weighted by atomic mass is 32.2. The first-order chi connectivity index (χ1) is 11.9. The van der Waals surface area contributed by atoms with Crippen LogP contribution in [-0.4, -0.2) is 25.2 Å². The van der Waals surface area contributed by atoms with Crippen LogP contribution in [0.25, 0.3) is 0 Å². The van der Waals surface area contributed by atoms with Crippen molar-refractivity contribution in [2.24, 2.45) is 0 Å². The Labute approximate surface area is 150 Å². The number of halogens is 1. The van der Waals surface area contributed by atoms with Crippen molar-refractivity contribution in [3.05, 3.63) is 65.0 Å². The number of esters is 1. The highest BCUT2D eigenvalue weighted by Crippen LogP contribution is 2.22. The number of carbonyl (C=O) groups is 2. The van der Waals surface area contributed by atoms with Crippen LogP contribution in [0.3, 0.4) is 0 Å². The standard InChI is InChI=1S/C19H20FNO3S/c1-12-4-9-16(20)15(10-12)19(23)21-17(11-18(22)24-2)13-5-7-14(25-3)8-6-13/h4-10,17H,11H2,1-3H3,(H,21,23). The predicted octanol–water partition coefficient (Wildman–Crippen LogP) is 3.89. The molecule has 0 bridgehead atoms. The third-order valence-corrected chi connectivity index (χ3v) is 4.53. The maximum absolute atomic E-state index is 13.9. The quantitative estimate of drug-likeness (QED) is 0.626. The molecular formula is C19H20FNO3S. The van der Waals surface area contributed by atoms with Crippen LogP contribution in [0.15, 0.2) is 47.4 Å². The van der Waals surface area contributed by atoms with Gasteiger partial charge in [-0.25, -0.2) is 4.39 Å². The highest BCUT2D eigenvalue weighted by Gasteiger charge is 2.21. The van der Waals surface area contributed by atoms with Gasteiger partial charge >= 0.3 is 5.97 Å². The monoisotopic (exact) mass is 361 g/mol. The third kappa shape index (κ3) is 5.06. The number of thioether (sulfide) groups is 1. The molecule has 0 radical (unpaired) electrons. The first-order valence-electron chi connectivity index (χ1n) is 7.72. The van der Waals surface area contributed by atoms with Crippen LogP contribution in [-0.2, 0) is 9.53 Å². The van der Waals surface area contributed by atoms with Gasteiger partial charge in [0.2, 0.25) is 0 Å². The number of nitrogens with one attached hydrogen (secondary N) is 1. The Hall–Kier alpha value is -2.34. The summed E-state index contributed by atoms with van der Waals surface area (Å²) in [5.74, 6) is -1.62. The van der Waals surface area contributed by atoms with Gasteiger partial charge in [0.15, 0.2) is 0 Å². The summed E-state index contributed by atoms with van der Waals surface area (Å²) in [6, 6.07) is 11.2. The first-order valence-corrected chi connectivity index (χ1v) is 8.95. The number of hydrogen-bond donors (Lipinski definition) is 1. The minimum atomic E-state index is -0.601. The van der Waals surface area contributed by atoms with E-state index in [4.69, 9.17) is 4.74 Å². The Morgan fingerprint density at radius 3 is 2.48 bits per heavy atom. The number of methoxy groups -OCH3 is 1. The first kappa shape index (κ1) is 19.0. The molecule has 6 heteroatoms. The van der Waals surface area contributed by atoms with Crippen molar-refractivity contribution in [3.8, 4) is 0 Å². The van der Waals surface area contributed by atoms with Crippen LogP contribution in [0.5, 0.6) is 0 Å². The van der Waals surface area contributed by atoms with E-state index in [0.717, 1.165) is 16.0 Å². The largest absolute Gasteiger partial charge is 0.469 e. The molecule has 0 aromatic heterocycles. The summed E-state index contributed by atoms with van der Waals surface area (Å²) in [5.41, 5.74) is 1.49. The molecule has 1 amide bonds. The smallest absolute Gasteiger partial charge is 0.307 e. The fraction of sp³-hybridized carbons (Fsp3) is 0.263. The van der Waals surface area contributed by atoms with Crippen LogP contribution in [0.1, 0.15) is 33.9 Å². The van der Waals surface area contributed by atoms with Gasteiger partial charge in [0.05, 0.1) is 25.1 Å². The topological polar surface area (TPSA) is 55.4 Å². The van der Waals surface area contributed by atoms with E-state index in [1.165, 1.54) is 19.2 Å². The number of ether oxygens (including phenoxy) is 1. The summed E-state index contributed by atoms with van der Waals surface area (Å²) in [4.78, 5) is 25.3. The molecule has 1 N–H and O–H groups in total. The molecule has 0 aliphatic rings. The molecule has 0 saturated heterocycles. The lowest BCUT2D eigenvalue weighted by molar-refractivity contribution is -0.141. The van der Waals surface area contributed by atoms with Crippen molar-refractivity contribution < 1.29 is 18.7 Å². The predicted molar refractivity (Wildman–Crippen MR) is 96.2 cm³/mol. The van der Waals surface area contributed by atoms with Gasteiger partial charge < -0.3 is 10.1 Å². The summed E-state index contributed by atoms with van der Waals surface area (Å²) >= 11 is 1.59. The maximum Gasteiger partial charge on any atom is 0.307 e. The van der Waals surface area contributed by atoms with Gasteiger partial charge in [0, 0.05) is 4.90 Å². The van der Waals surface area contributed by atoms with E-state index in [-0.39, 0.29) is 12.0 Å². The average Bonchev–Trinajstić information content (AvgIpc) is 2.63. The van der Waals surface area contributed by atoms with E-state index in [1.54, 1.807) is 24.8 Å². The number of carbonyl (C=O) groups excluding carboxylic acids is 2. The van der Waals surface area contributed by atoms with Crippen molar-refractivity contribution >= 4 is 23.6 Å². The lowest BCUT2D eigenvalue weighted by Gasteiger charge is -2.19. The van der Waals surface area contributed by atoms with Crippen molar-refractivity contribution in [1.82, 2.24) is 5.32 Å². The molecule has 132 valence electrons. The Kier molecular flexibility index (Phi) is 6.58. The number of amides is 1. The van der Waals surface area contributed by atoms with Crippen LogP contribution >= 0.6 is 11.8 Å². The number of aryl methyl sites for hydroxylation is 1. The zero-order valence-corrected chi connectivity index (χ0v) is 15.2. The summed E-state index contributed by atoms with van der Waals surface area (Å²) < 4.78 is 18.7. The van der Waals surface area contributed by atoms with E-state index >= 15 is 0 Å². The Morgan fingerprint density at radius 1 is 1.20 bits per heavy atom. The zero-order valence-electron chi connectivity index (χ0n) is 14.3. The van der Waals surface area contributed by atoms with Crippen molar-refractivity contribution in [3.63, 3.8) is 0 Å². The van der Waals surface area contributed by atoms with E-state index in [1.807, 2.05) is 30.5 Å². The molecule has 0 fully saturated rings. The van der Waals surface area contributed by atoms with Crippen LogP contribution in [0.2, 0.25) is 0 Å². The van der Waals surface area contributed by atoms with E-state index in [2.05, 4.69) is 5.32 Å². The molecule has 25 heavy (non-hydrogen) atoms. The van der Waals surface area contributed by atoms with Gasteiger partial charge in [-0.1, -0.05) is 23.8 Å². The minimum absolute atomic E-state index is 0.0334. The van der Waals surface area contributed by atoms with Crippen LogP contribution in [0.4, 0.5) is 4.39 Å². The van der Waals surface area contributed by atoms with Crippen molar-refractivity contribution in [2.45, 2.75) is 24.3 Å². The van der Waals surface area contributed by atoms with Gasteiger partial charge in [-0.2, -0.15) is 0 Å². The Bertz CT molecular complexity index is 762. The van der Waals surface area contributed by atoms with Gasteiger partial charge in [-0.3, -0.25) is 9.59 Å². The second kappa shape index (κ2) is 8.67. The molecular weight excluding hydrogens is 341 g/mol. The van der Waals surface area contributed by atoms with Crippen LogP contribution in [0, 0.1) is 12.7 Å². The Balaban J connectivity index is 2.27. The highest BCUT2D eigenvalue weighted by molar-refractivity contribution is 7.98. The summed E-state index contributed by atoms with van der Waals surface area (Å²) in [5, 5.41) is 2.73. The molecule has 0 aliphatic heterocycles. The molecule has 2 rings (SSSR count). The molecule has 0 saturated carbocycles. The second-order valence-electron chi connectivity index (χ2n) is 5.56. The normalized spacial score (nSPS) is 11.7. The van der Waals surface area contributed by atoms with E-state index in [9.17, 15) is 14.0 Å². The minimum Gasteiger partial charge on any atom is -0.469 e. The zero-order chi connectivity index (χ0) is 18.4. The molecule has 0 heterocycles. The molecule has 0 spiro atoms. The fourth-order valence-electron chi connectivity index (χ4n) is 2.39. The number of hydrogen-bond acceptors (Lipinski definition) is 4. The van der Waals surface area contributed by atoms with Crippen molar-refractivity contribution in [2.75, 3.05) is 13.4 Å². The third-order valence-electron chi connectivity index (χ3n) is 3.79. The Morgan fingerprint density at radius 2 is 1.88 bits per heavy atom.